The Bertz CT molecular complexity index is 645. The van der Waals surface area contributed by atoms with Gasteiger partial charge in [-0.15, -0.1) is 11.3 Å². The maximum Gasteiger partial charge on any atom is 0.260 e. The van der Waals surface area contributed by atoms with Crippen LogP contribution in [0, 0.1) is 13.8 Å². The molecule has 0 aliphatic rings. The van der Waals surface area contributed by atoms with Crippen molar-refractivity contribution >= 4 is 39.2 Å². The summed E-state index contributed by atoms with van der Waals surface area (Å²) < 4.78 is 0. The van der Waals surface area contributed by atoms with Crippen LogP contribution in [0.1, 0.15) is 10.4 Å². The average Bonchev–Trinajstić information content (AvgIpc) is 2.52. The van der Waals surface area contributed by atoms with Crippen molar-refractivity contribution in [2.24, 2.45) is 5.73 Å². The van der Waals surface area contributed by atoms with Crippen molar-refractivity contribution in [1.82, 2.24) is 9.97 Å². The summed E-state index contributed by atoms with van der Waals surface area (Å²) in [5, 5.41) is 1.07. The van der Waals surface area contributed by atoms with Crippen LogP contribution in [0.15, 0.2) is 9.95 Å². The van der Waals surface area contributed by atoms with E-state index in [1.54, 1.807) is 0 Å². The molecule has 2 aromatic heterocycles. The Balaban J connectivity index is 2.49. The molecule has 2 aromatic rings. The number of nitrogens with zero attached hydrogens (tertiary/aromatic N) is 1. The molecule has 5 nitrogen and oxygen atoms in total. The highest BCUT2D eigenvalue weighted by Gasteiger charge is 2.12. The number of carbonyl (C=O) groups excluding carboxylic acids is 1. The second-order valence-electron chi connectivity index (χ2n) is 3.59. The van der Waals surface area contributed by atoms with Gasteiger partial charge in [-0.25, -0.2) is 4.98 Å². The standard InChI is InChI=1S/C10H11N3O2S2/c1-4-5(2)17-9-7(4)8(15)12-10(13-9)16-3-6(11)14/h3H2,1-2H3,(H2,11,14)(H,12,13,15). The maximum absolute atomic E-state index is 11.9. The van der Waals surface area contributed by atoms with Gasteiger partial charge in [-0.2, -0.15) is 0 Å². The Labute approximate surface area is 105 Å². The van der Waals surface area contributed by atoms with Crippen molar-refractivity contribution in [2.45, 2.75) is 19.0 Å². The lowest BCUT2D eigenvalue weighted by Gasteiger charge is -1.98. The predicted molar refractivity (Wildman–Crippen MR) is 69.6 cm³/mol. The van der Waals surface area contributed by atoms with Gasteiger partial charge in [-0.3, -0.25) is 9.59 Å². The number of thiophene rings is 1. The molecule has 0 bridgehead atoms. The van der Waals surface area contributed by atoms with Gasteiger partial charge >= 0.3 is 0 Å². The minimum atomic E-state index is -0.434. The summed E-state index contributed by atoms with van der Waals surface area (Å²) >= 11 is 2.62. The molecular weight excluding hydrogens is 258 g/mol. The van der Waals surface area contributed by atoms with E-state index in [-0.39, 0.29) is 11.3 Å². The minimum Gasteiger partial charge on any atom is -0.369 e. The van der Waals surface area contributed by atoms with Gasteiger partial charge < -0.3 is 10.7 Å². The lowest BCUT2D eigenvalue weighted by molar-refractivity contribution is -0.115. The van der Waals surface area contributed by atoms with E-state index in [1.807, 2.05) is 13.8 Å². The molecule has 0 aliphatic heterocycles. The fourth-order valence-electron chi connectivity index (χ4n) is 1.44. The van der Waals surface area contributed by atoms with Gasteiger partial charge in [0.2, 0.25) is 5.91 Å². The molecule has 0 radical (unpaired) electrons. The number of carbonyl (C=O) groups is 1. The number of hydrogen-bond donors (Lipinski definition) is 2. The number of aryl methyl sites for hydroxylation is 2. The monoisotopic (exact) mass is 269 g/mol. The Morgan fingerprint density at radius 2 is 2.24 bits per heavy atom. The number of thioether (sulfide) groups is 1. The second kappa shape index (κ2) is 4.50. The van der Waals surface area contributed by atoms with Crippen LogP contribution in [0.3, 0.4) is 0 Å². The second-order valence-corrected chi connectivity index (χ2v) is 5.76. The van der Waals surface area contributed by atoms with E-state index in [2.05, 4.69) is 9.97 Å². The molecule has 0 fully saturated rings. The molecule has 0 aliphatic carbocycles. The van der Waals surface area contributed by atoms with Crippen molar-refractivity contribution < 1.29 is 4.79 Å². The van der Waals surface area contributed by atoms with E-state index in [0.717, 1.165) is 22.2 Å². The third-order valence-corrected chi connectivity index (χ3v) is 4.37. The van der Waals surface area contributed by atoms with Crippen molar-refractivity contribution in [1.29, 1.82) is 0 Å². The van der Waals surface area contributed by atoms with Crippen molar-refractivity contribution in [3.8, 4) is 0 Å². The fourth-order valence-corrected chi connectivity index (χ4v) is 3.13. The highest BCUT2D eigenvalue weighted by molar-refractivity contribution is 7.99. The number of primary amides is 1. The van der Waals surface area contributed by atoms with E-state index in [9.17, 15) is 9.59 Å². The first-order chi connectivity index (χ1) is 7.99. The molecule has 2 rings (SSSR count). The molecule has 0 saturated heterocycles. The zero-order valence-electron chi connectivity index (χ0n) is 9.36. The first-order valence-electron chi connectivity index (χ1n) is 4.90. The van der Waals surface area contributed by atoms with Gasteiger partial charge in [0, 0.05) is 4.88 Å². The van der Waals surface area contributed by atoms with Crippen LogP contribution >= 0.6 is 23.1 Å². The maximum atomic E-state index is 11.9. The number of nitrogens with two attached hydrogens (primary N) is 1. The van der Waals surface area contributed by atoms with E-state index in [4.69, 9.17) is 5.73 Å². The Kier molecular flexibility index (Phi) is 3.21. The summed E-state index contributed by atoms with van der Waals surface area (Å²) in [5.41, 5.74) is 5.84. The molecule has 90 valence electrons. The number of rotatable bonds is 3. The van der Waals surface area contributed by atoms with E-state index in [1.165, 1.54) is 11.3 Å². The van der Waals surface area contributed by atoms with E-state index >= 15 is 0 Å². The molecule has 0 saturated carbocycles. The number of aromatic amines is 1. The van der Waals surface area contributed by atoms with Crippen LogP contribution in [-0.2, 0) is 4.79 Å². The predicted octanol–water partition coefficient (Wildman–Crippen LogP) is 1.18. The summed E-state index contributed by atoms with van der Waals surface area (Å²) in [6.07, 6.45) is 0. The van der Waals surface area contributed by atoms with Crippen LogP contribution in [0.4, 0.5) is 0 Å². The minimum absolute atomic E-state index is 0.109. The summed E-state index contributed by atoms with van der Waals surface area (Å²) in [6.45, 7) is 3.86. The molecule has 7 heteroatoms. The number of hydrogen-bond acceptors (Lipinski definition) is 5. The van der Waals surface area contributed by atoms with Gasteiger partial charge in [0.25, 0.3) is 5.56 Å². The zero-order valence-corrected chi connectivity index (χ0v) is 11.0. The van der Waals surface area contributed by atoms with Gasteiger partial charge in [0.05, 0.1) is 11.1 Å². The van der Waals surface area contributed by atoms with Gasteiger partial charge in [0.15, 0.2) is 5.16 Å². The summed E-state index contributed by atoms with van der Waals surface area (Å²) in [5.74, 6) is -0.325. The number of fused-ring (bicyclic) bond motifs is 1. The zero-order chi connectivity index (χ0) is 12.6. The molecule has 0 atom stereocenters. The number of amides is 1. The molecule has 0 unspecified atom stereocenters. The molecule has 0 aromatic carbocycles. The van der Waals surface area contributed by atoms with Crippen LogP contribution in [0.2, 0.25) is 0 Å². The normalized spacial score (nSPS) is 10.9. The number of aromatic nitrogens is 2. The van der Waals surface area contributed by atoms with Crippen molar-refractivity contribution in [3.63, 3.8) is 0 Å². The quantitative estimate of drug-likeness (QED) is 0.647. The number of nitrogens with one attached hydrogen (secondary N) is 1. The molecule has 17 heavy (non-hydrogen) atoms. The van der Waals surface area contributed by atoms with Crippen LogP contribution in [-0.4, -0.2) is 21.6 Å². The Morgan fingerprint density at radius 1 is 1.53 bits per heavy atom. The first kappa shape index (κ1) is 12.1. The smallest absolute Gasteiger partial charge is 0.260 e. The summed E-state index contributed by atoms with van der Waals surface area (Å²) in [7, 11) is 0. The van der Waals surface area contributed by atoms with Crippen molar-refractivity contribution in [3.05, 3.63) is 20.8 Å². The molecule has 1 amide bonds. The SMILES string of the molecule is Cc1sc2nc(SCC(N)=O)[nH]c(=O)c2c1C. The molecule has 2 heterocycles. The van der Waals surface area contributed by atoms with Gasteiger partial charge in [-0.05, 0) is 19.4 Å². The third kappa shape index (κ3) is 2.34. The van der Waals surface area contributed by atoms with Crippen LogP contribution in [0.5, 0.6) is 0 Å². The number of H-pyrrole nitrogens is 1. The Hall–Kier alpha value is -1.34. The van der Waals surface area contributed by atoms with Crippen molar-refractivity contribution in [2.75, 3.05) is 5.75 Å². The Morgan fingerprint density at radius 3 is 2.88 bits per heavy atom. The third-order valence-electron chi connectivity index (χ3n) is 2.37. The highest BCUT2D eigenvalue weighted by atomic mass is 32.2. The summed E-state index contributed by atoms with van der Waals surface area (Å²) in [6, 6.07) is 0. The van der Waals surface area contributed by atoms with Gasteiger partial charge in [-0.1, -0.05) is 11.8 Å². The first-order valence-corrected chi connectivity index (χ1v) is 6.70. The summed E-state index contributed by atoms with van der Waals surface area (Å²) in [4.78, 5) is 31.3. The molecular formula is C10H11N3O2S2. The fraction of sp³-hybridized carbons (Fsp3) is 0.300. The van der Waals surface area contributed by atoms with Crippen LogP contribution in [0.25, 0.3) is 10.2 Å². The topological polar surface area (TPSA) is 88.8 Å². The molecule has 3 N–H and O–H groups in total. The largest absolute Gasteiger partial charge is 0.369 e. The molecule has 0 spiro atoms. The van der Waals surface area contributed by atoms with Crippen LogP contribution < -0.4 is 11.3 Å². The lowest BCUT2D eigenvalue weighted by Crippen LogP contribution is -2.15. The lowest BCUT2D eigenvalue weighted by atomic mass is 10.2. The van der Waals surface area contributed by atoms with E-state index < -0.39 is 5.91 Å². The average molecular weight is 269 g/mol. The highest BCUT2D eigenvalue weighted by Crippen LogP contribution is 2.26. The van der Waals surface area contributed by atoms with E-state index in [0.29, 0.717) is 15.4 Å². The van der Waals surface area contributed by atoms with Gasteiger partial charge in [0.1, 0.15) is 4.83 Å².